The van der Waals surface area contributed by atoms with E-state index in [9.17, 15) is 0 Å². The lowest BCUT2D eigenvalue weighted by molar-refractivity contribution is -0.119. The van der Waals surface area contributed by atoms with Gasteiger partial charge in [0.25, 0.3) is 0 Å². The van der Waals surface area contributed by atoms with Crippen LogP contribution in [0.25, 0.3) is 0 Å². The second kappa shape index (κ2) is 6.49. The largest absolute Gasteiger partial charge is 0.375 e. The predicted molar refractivity (Wildman–Crippen MR) is 114 cm³/mol. The fourth-order valence-electron chi connectivity index (χ4n) is 8.73. The van der Waals surface area contributed by atoms with Gasteiger partial charge in [-0.2, -0.15) is 0 Å². The fourth-order valence-corrected chi connectivity index (χ4v) is 8.73. The highest BCUT2D eigenvalue weighted by Gasteiger charge is 2.64. The fraction of sp³-hybridized carbons (Fsp3) is 0.769. The van der Waals surface area contributed by atoms with Crippen molar-refractivity contribution < 1.29 is 4.74 Å². The van der Waals surface area contributed by atoms with Crippen molar-refractivity contribution in [3.8, 4) is 0 Å². The number of hydrogen-bond acceptors (Lipinski definition) is 2. The van der Waals surface area contributed by atoms with Crippen LogP contribution in [0, 0.1) is 29.1 Å². The second-order valence-electron chi connectivity index (χ2n) is 10.5. The van der Waals surface area contributed by atoms with Gasteiger partial charge in [0.2, 0.25) is 0 Å². The lowest BCUT2D eigenvalue weighted by Gasteiger charge is -2.56. The van der Waals surface area contributed by atoms with E-state index in [2.05, 4.69) is 36.1 Å². The van der Waals surface area contributed by atoms with Crippen molar-refractivity contribution in [3.05, 3.63) is 35.6 Å². The Labute approximate surface area is 171 Å². The first-order chi connectivity index (χ1) is 13.8. The van der Waals surface area contributed by atoms with Gasteiger partial charge in [0.15, 0.2) is 0 Å². The Morgan fingerprint density at radius 1 is 1.11 bits per heavy atom. The van der Waals surface area contributed by atoms with Crippen LogP contribution >= 0.6 is 0 Å². The summed E-state index contributed by atoms with van der Waals surface area (Å²) < 4.78 is 6.48. The molecule has 2 saturated carbocycles. The number of nitrogens with zero attached hydrogens (tertiary/aromatic N) is 1. The third-order valence-electron chi connectivity index (χ3n) is 9.95. The first-order valence-electron chi connectivity index (χ1n) is 12.2. The number of allylic oxidation sites excluding steroid dienone is 4. The molecule has 1 saturated heterocycles. The minimum atomic E-state index is 0.0801. The Kier molecular flexibility index (Phi) is 4.13. The van der Waals surface area contributed by atoms with E-state index in [1.807, 2.05) is 0 Å². The highest BCUT2D eigenvalue weighted by Crippen LogP contribution is 2.67. The van der Waals surface area contributed by atoms with Crippen molar-refractivity contribution in [1.29, 1.82) is 0 Å². The van der Waals surface area contributed by atoms with E-state index in [1.165, 1.54) is 77.3 Å². The Morgan fingerprint density at radius 2 is 2.00 bits per heavy atom. The van der Waals surface area contributed by atoms with Crippen LogP contribution in [-0.4, -0.2) is 30.2 Å². The Hall–Kier alpha value is -1.02. The van der Waals surface area contributed by atoms with Crippen LogP contribution in [-0.2, 0) is 4.74 Å². The highest BCUT2D eigenvalue weighted by atomic mass is 16.5. The summed E-state index contributed by atoms with van der Waals surface area (Å²) in [6.45, 7) is 5.89. The molecule has 0 amide bonds. The average Bonchev–Trinajstić information content (AvgIpc) is 3.49. The summed E-state index contributed by atoms with van der Waals surface area (Å²) in [5.41, 5.74) is 3.86. The summed E-state index contributed by atoms with van der Waals surface area (Å²) in [5.74, 6) is 3.56. The lowest BCUT2D eigenvalue weighted by Crippen LogP contribution is -2.53. The molecule has 2 aliphatic heterocycles. The van der Waals surface area contributed by atoms with Crippen LogP contribution in [0.5, 0.6) is 0 Å². The van der Waals surface area contributed by atoms with E-state index < -0.39 is 0 Å². The number of ether oxygens (including phenoxy) is 1. The van der Waals surface area contributed by atoms with Gasteiger partial charge in [0.05, 0.1) is 12.2 Å². The molecular formula is C26H37NO. The van der Waals surface area contributed by atoms with Gasteiger partial charge in [0.1, 0.15) is 0 Å². The van der Waals surface area contributed by atoms with E-state index in [0.29, 0.717) is 5.41 Å². The zero-order valence-corrected chi connectivity index (χ0v) is 17.7. The van der Waals surface area contributed by atoms with Crippen LogP contribution in [0.4, 0.5) is 0 Å². The van der Waals surface area contributed by atoms with E-state index in [-0.39, 0.29) is 5.60 Å². The van der Waals surface area contributed by atoms with Crippen molar-refractivity contribution in [3.63, 3.8) is 0 Å². The van der Waals surface area contributed by atoms with Crippen LogP contribution in [0.3, 0.4) is 0 Å². The molecule has 2 heteroatoms. The summed E-state index contributed by atoms with van der Waals surface area (Å²) in [6, 6.07) is 0. The summed E-state index contributed by atoms with van der Waals surface area (Å²) in [4.78, 5) is 2.68. The molecule has 0 N–H and O–H groups in total. The third-order valence-corrected chi connectivity index (χ3v) is 9.95. The van der Waals surface area contributed by atoms with Crippen molar-refractivity contribution in [2.24, 2.45) is 29.1 Å². The summed E-state index contributed by atoms with van der Waals surface area (Å²) >= 11 is 0. The van der Waals surface area contributed by atoms with Crippen LogP contribution in [0.15, 0.2) is 35.6 Å². The van der Waals surface area contributed by atoms with Gasteiger partial charge in [-0.25, -0.2) is 0 Å². The molecule has 28 heavy (non-hydrogen) atoms. The molecule has 0 bridgehead atoms. The molecule has 6 rings (SSSR count). The SMILES string of the molecule is CC[C@]12CCC3C4CCC(N5CCCC5)=CC4=CCC3C1CCC21C=CCO1. The summed E-state index contributed by atoms with van der Waals surface area (Å²) in [5, 5.41) is 0. The van der Waals surface area contributed by atoms with E-state index in [0.717, 1.165) is 30.3 Å². The molecule has 2 nitrogen and oxygen atoms in total. The molecule has 0 aromatic rings. The number of likely N-dealkylation sites (tertiary alicyclic amines) is 1. The standard InChI is InChI=1S/C26H37NO/c1-2-25-13-10-22-21-9-7-20(27-15-3-4-16-27)18-19(21)6-8-23(22)24(25)11-14-26(25)12-5-17-28-26/h5-6,12,18,21-24H,2-4,7-11,13-17H2,1H3/t21?,22?,23?,24?,25-,26?/m0/s1. The average molecular weight is 380 g/mol. The normalized spacial score (nSPS) is 47.0. The molecule has 152 valence electrons. The summed E-state index contributed by atoms with van der Waals surface area (Å²) in [7, 11) is 0. The summed E-state index contributed by atoms with van der Waals surface area (Å²) in [6.07, 6.45) is 23.7. The maximum atomic E-state index is 6.48. The first kappa shape index (κ1) is 17.8. The van der Waals surface area contributed by atoms with Crippen molar-refractivity contribution in [1.82, 2.24) is 4.90 Å². The zero-order chi connectivity index (χ0) is 18.8. The van der Waals surface area contributed by atoms with Gasteiger partial charge in [-0.1, -0.05) is 25.2 Å². The van der Waals surface area contributed by atoms with Gasteiger partial charge in [-0.3, -0.25) is 0 Å². The van der Waals surface area contributed by atoms with Gasteiger partial charge < -0.3 is 9.64 Å². The molecule has 2 heterocycles. The van der Waals surface area contributed by atoms with Crippen LogP contribution in [0.2, 0.25) is 0 Å². The lowest BCUT2D eigenvalue weighted by atomic mass is 9.50. The van der Waals surface area contributed by atoms with Gasteiger partial charge >= 0.3 is 0 Å². The quantitative estimate of drug-likeness (QED) is 0.557. The van der Waals surface area contributed by atoms with Crippen molar-refractivity contribution in [2.45, 2.75) is 76.7 Å². The minimum Gasteiger partial charge on any atom is -0.375 e. The monoisotopic (exact) mass is 379 g/mol. The molecule has 0 aromatic heterocycles. The molecule has 0 radical (unpaired) electrons. The first-order valence-corrected chi connectivity index (χ1v) is 12.2. The van der Waals surface area contributed by atoms with Crippen LogP contribution < -0.4 is 0 Å². The molecule has 3 fully saturated rings. The molecular weight excluding hydrogens is 342 g/mol. The second-order valence-corrected chi connectivity index (χ2v) is 10.5. The molecule has 0 aromatic carbocycles. The molecule has 6 aliphatic rings. The van der Waals surface area contributed by atoms with Gasteiger partial charge in [0, 0.05) is 24.2 Å². The number of rotatable bonds is 2. The maximum absolute atomic E-state index is 6.48. The topological polar surface area (TPSA) is 12.5 Å². The van der Waals surface area contributed by atoms with E-state index in [1.54, 1.807) is 11.3 Å². The number of hydrogen-bond donors (Lipinski definition) is 0. The Bertz CT molecular complexity index is 729. The maximum Gasteiger partial charge on any atom is 0.0926 e. The Morgan fingerprint density at radius 3 is 2.79 bits per heavy atom. The molecule has 4 aliphatic carbocycles. The number of fused-ring (bicyclic) bond motifs is 6. The smallest absolute Gasteiger partial charge is 0.0926 e. The van der Waals surface area contributed by atoms with Crippen molar-refractivity contribution in [2.75, 3.05) is 19.7 Å². The molecule has 5 unspecified atom stereocenters. The van der Waals surface area contributed by atoms with E-state index >= 15 is 0 Å². The van der Waals surface area contributed by atoms with Crippen molar-refractivity contribution >= 4 is 0 Å². The highest BCUT2D eigenvalue weighted by molar-refractivity contribution is 5.34. The zero-order valence-electron chi connectivity index (χ0n) is 17.7. The van der Waals surface area contributed by atoms with E-state index in [4.69, 9.17) is 4.74 Å². The van der Waals surface area contributed by atoms with Gasteiger partial charge in [-0.15, -0.1) is 0 Å². The molecule has 6 atom stereocenters. The Balaban J connectivity index is 1.29. The van der Waals surface area contributed by atoms with Crippen LogP contribution in [0.1, 0.15) is 71.1 Å². The van der Waals surface area contributed by atoms with Gasteiger partial charge in [-0.05, 0) is 99.5 Å². The third kappa shape index (κ3) is 2.30. The minimum absolute atomic E-state index is 0.0801. The molecule has 1 spiro atoms. The predicted octanol–water partition coefficient (Wildman–Crippen LogP) is 5.86.